The molecule has 24 heavy (non-hydrogen) atoms. The Hall–Kier alpha value is -2.62. The van der Waals surface area contributed by atoms with Gasteiger partial charge in [-0.25, -0.2) is 0 Å². The summed E-state index contributed by atoms with van der Waals surface area (Å²) in [5, 5.41) is 19.9. The SMILES string of the molecule is CC12c3ccccc3C(C)(c3ccccc31)C(C(=O)O)C2C(=O)O. The van der Waals surface area contributed by atoms with Crippen molar-refractivity contribution < 1.29 is 19.8 Å². The maximum atomic E-state index is 12.2. The number of carboxylic acid groups (broad SMARTS) is 2. The molecule has 5 rings (SSSR count). The van der Waals surface area contributed by atoms with Gasteiger partial charge in [-0.1, -0.05) is 62.4 Å². The molecule has 0 radical (unpaired) electrons. The summed E-state index contributed by atoms with van der Waals surface area (Å²) in [7, 11) is 0. The number of carbonyl (C=O) groups is 2. The van der Waals surface area contributed by atoms with Crippen molar-refractivity contribution in [1.82, 2.24) is 0 Å². The third-order valence-corrected chi connectivity index (χ3v) is 6.20. The summed E-state index contributed by atoms with van der Waals surface area (Å²) in [6, 6.07) is 15.3. The standard InChI is InChI=1S/C20H18O4/c1-19-11-7-3-5-9-13(11)20(2,14-10-6-4-8-12(14)19)16(18(23)24)15(19)17(21)22/h3-10,15-16H,1-2H3,(H,21,22)(H,23,24). The molecule has 2 atom stereocenters. The fourth-order valence-electron chi connectivity index (χ4n) is 5.18. The molecule has 0 fully saturated rings. The van der Waals surface area contributed by atoms with Gasteiger partial charge in [0.05, 0.1) is 11.8 Å². The van der Waals surface area contributed by atoms with E-state index in [0.29, 0.717) is 0 Å². The molecule has 2 unspecified atom stereocenters. The molecule has 0 spiro atoms. The van der Waals surface area contributed by atoms with Gasteiger partial charge in [0.15, 0.2) is 0 Å². The molecule has 0 aliphatic heterocycles. The number of fused-ring (bicyclic) bond motifs is 1. The van der Waals surface area contributed by atoms with Crippen molar-refractivity contribution >= 4 is 11.9 Å². The third-order valence-electron chi connectivity index (χ3n) is 6.20. The molecule has 3 aliphatic rings. The molecule has 122 valence electrons. The maximum Gasteiger partial charge on any atom is 0.308 e. The van der Waals surface area contributed by atoms with Gasteiger partial charge in [0, 0.05) is 10.8 Å². The van der Waals surface area contributed by atoms with Crippen molar-refractivity contribution in [1.29, 1.82) is 0 Å². The minimum absolute atomic E-state index is 0.861. The van der Waals surface area contributed by atoms with Crippen molar-refractivity contribution in [2.75, 3.05) is 0 Å². The highest BCUT2D eigenvalue weighted by Gasteiger charge is 2.66. The number of rotatable bonds is 2. The molecule has 0 saturated heterocycles. The number of hydrogen-bond acceptors (Lipinski definition) is 2. The van der Waals surface area contributed by atoms with E-state index in [4.69, 9.17) is 0 Å². The second-order valence-corrected chi connectivity index (χ2v) is 7.13. The van der Waals surface area contributed by atoms with Gasteiger partial charge in [0.1, 0.15) is 0 Å². The average Bonchev–Trinajstić information content (AvgIpc) is 2.56. The second kappa shape index (κ2) is 4.47. The van der Waals surface area contributed by atoms with Crippen molar-refractivity contribution in [3.63, 3.8) is 0 Å². The van der Waals surface area contributed by atoms with E-state index in [1.54, 1.807) is 0 Å². The molecule has 2 aromatic carbocycles. The summed E-state index contributed by atoms with van der Waals surface area (Å²) in [5.74, 6) is -4.13. The van der Waals surface area contributed by atoms with E-state index in [9.17, 15) is 19.8 Å². The normalized spacial score (nSPS) is 32.8. The van der Waals surface area contributed by atoms with Crippen molar-refractivity contribution in [2.24, 2.45) is 11.8 Å². The van der Waals surface area contributed by atoms with E-state index in [1.165, 1.54) is 0 Å². The lowest BCUT2D eigenvalue weighted by Gasteiger charge is -2.58. The molecule has 2 N–H and O–H groups in total. The summed E-state index contributed by atoms with van der Waals surface area (Å²) in [6.45, 7) is 3.75. The van der Waals surface area contributed by atoms with Crippen LogP contribution in [0.25, 0.3) is 0 Å². The summed E-state index contributed by atoms with van der Waals surface area (Å²) < 4.78 is 0. The first-order valence-electron chi connectivity index (χ1n) is 8.00. The Morgan fingerprint density at radius 1 is 0.708 bits per heavy atom. The highest BCUT2D eigenvalue weighted by Crippen LogP contribution is 2.64. The summed E-state index contributed by atoms with van der Waals surface area (Å²) in [6.07, 6.45) is 0. The molecule has 4 heteroatoms. The van der Waals surface area contributed by atoms with Gasteiger partial charge >= 0.3 is 11.9 Å². The average molecular weight is 322 g/mol. The second-order valence-electron chi connectivity index (χ2n) is 7.13. The van der Waals surface area contributed by atoms with Crippen LogP contribution < -0.4 is 0 Å². The Kier molecular flexibility index (Phi) is 2.78. The van der Waals surface area contributed by atoms with Crippen LogP contribution in [0.15, 0.2) is 48.5 Å². The molecule has 2 aromatic rings. The van der Waals surface area contributed by atoms with Crippen LogP contribution >= 0.6 is 0 Å². The zero-order valence-corrected chi connectivity index (χ0v) is 13.5. The summed E-state index contributed by atoms with van der Waals surface area (Å²) in [5.41, 5.74) is 1.99. The van der Waals surface area contributed by atoms with E-state index in [-0.39, 0.29) is 0 Å². The van der Waals surface area contributed by atoms with Crippen LogP contribution in [0, 0.1) is 11.8 Å². The van der Waals surface area contributed by atoms with Crippen LogP contribution in [-0.4, -0.2) is 22.2 Å². The third kappa shape index (κ3) is 1.44. The first-order chi connectivity index (χ1) is 11.3. The van der Waals surface area contributed by atoms with Gasteiger partial charge in [-0.2, -0.15) is 0 Å². The van der Waals surface area contributed by atoms with Crippen molar-refractivity contribution in [2.45, 2.75) is 24.7 Å². The van der Waals surface area contributed by atoms with E-state index < -0.39 is 34.6 Å². The number of aliphatic carboxylic acids is 2. The lowest BCUT2D eigenvalue weighted by molar-refractivity contribution is -0.161. The first kappa shape index (κ1) is 14.9. The van der Waals surface area contributed by atoms with E-state index in [1.807, 2.05) is 62.4 Å². The summed E-state index contributed by atoms with van der Waals surface area (Å²) in [4.78, 5) is 24.3. The topological polar surface area (TPSA) is 74.6 Å². The van der Waals surface area contributed by atoms with Crippen LogP contribution in [0.3, 0.4) is 0 Å². The van der Waals surface area contributed by atoms with Gasteiger partial charge in [-0.15, -0.1) is 0 Å². The molecule has 0 heterocycles. The number of hydrogen-bond donors (Lipinski definition) is 2. The Bertz CT molecular complexity index is 763. The largest absolute Gasteiger partial charge is 0.481 e. The quantitative estimate of drug-likeness (QED) is 0.891. The molecule has 0 saturated carbocycles. The highest BCUT2D eigenvalue weighted by molar-refractivity contribution is 5.88. The lowest BCUT2D eigenvalue weighted by atomic mass is 9.42. The van der Waals surface area contributed by atoms with Crippen LogP contribution in [0.5, 0.6) is 0 Å². The predicted molar refractivity (Wildman–Crippen MR) is 88.0 cm³/mol. The predicted octanol–water partition coefficient (Wildman–Crippen LogP) is 3.03. The van der Waals surface area contributed by atoms with Gasteiger partial charge in [-0.05, 0) is 22.3 Å². The Labute approximate surface area is 139 Å². The fraction of sp³-hybridized carbons (Fsp3) is 0.300. The zero-order valence-electron chi connectivity index (χ0n) is 13.5. The van der Waals surface area contributed by atoms with Gasteiger partial charge in [-0.3, -0.25) is 9.59 Å². The maximum absolute atomic E-state index is 12.2. The van der Waals surface area contributed by atoms with Crippen LogP contribution in [0.1, 0.15) is 36.1 Å². The van der Waals surface area contributed by atoms with Crippen LogP contribution in [0.2, 0.25) is 0 Å². The molecular formula is C20H18O4. The van der Waals surface area contributed by atoms with E-state index >= 15 is 0 Å². The number of benzene rings is 2. The van der Waals surface area contributed by atoms with Gasteiger partial charge < -0.3 is 10.2 Å². The molecule has 3 aliphatic carbocycles. The molecule has 4 nitrogen and oxygen atoms in total. The minimum atomic E-state index is -1.06. The smallest absolute Gasteiger partial charge is 0.308 e. The van der Waals surface area contributed by atoms with Crippen LogP contribution in [-0.2, 0) is 20.4 Å². The van der Waals surface area contributed by atoms with E-state index in [2.05, 4.69) is 0 Å². The minimum Gasteiger partial charge on any atom is -0.481 e. The Morgan fingerprint density at radius 2 is 0.958 bits per heavy atom. The molecule has 2 bridgehead atoms. The lowest BCUT2D eigenvalue weighted by Crippen LogP contribution is -2.62. The summed E-state index contributed by atoms with van der Waals surface area (Å²) >= 11 is 0. The molecule has 0 aromatic heterocycles. The van der Waals surface area contributed by atoms with Crippen LogP contribution in [0.4, 0.5) is 0 Å². The van der Waals surface area contributed by atoms with Crippen molar-refractivity contribution in [3.05, 3.63) is 70.8 Å². The van der Waals surface area contributed by atoms with Gasteiger partial charge in [0.25, 0.3) is 0 Å². The monoisotopic (exact) mass is 322 g/mol. The Balaban J connectivity index is 2.21. The number of carboxylic acids is 2. The Morgan fingerprint density at radius 3 is 1.17 bits per heavy atom. The highest BCUT2D eigenvalue weighted by atomic mass is 16.4. The van der Waals surface area contributed by atoms with Gasteiger partial charge in [0.2, 0.25) is 0 Å². The van der Waals surface area contributed by atoms with Crippen molar-refractivity contribution in [3.8, 4) is 0 Å². The zero-order chi connectivity index (χ0) is 17.3. The fourth-order valence-corrected chi connectivity index (χ4v) is 5.18. The molecular weight excluding hydrogens is 304 g/mol. The van der Waals surface area contributed by atoms with E-state index in [0.717, 1.165) is 22.3 Å². The molecule has 0 amide bonds. The first-order valence-corrected chi connectivity index (χ1v) is 8.00.